The molecule has 1 saturated heterocycles. The van der Waals surface area contributed by atoms with Gasteiger partial charge < -0.3 is 9.22 Å². The minimum Gasteiger partial charge on any atom is -0.494 e. The van der Waals surface area contributed by atoms with Gasteiger partial charge in [-0.25, -0.2) is 0 Å². The van der Waals surface area contributed by atoms with E-state index < -0.39 is 0 Å². The first-order valence-corrected chi connectivity index (χ1v) is 11.2. The quantitative estimate of drug-likeness (QED) is 0.613. The molecule has 2 heteroatoms. The molecule has 0 N–H and O–H groups in total. The Hall–Kier alpha value is -1.02. The van der Waals surface area contributed by atoms with Crippen LogP contribution in [0.4, 0.5) is 0 Å². The molecule has 26 heavy (non-hydrogen) atoms. The monoisotopic (exact) mass is 356 g/mol. The second kappa shape index (κ2) is 7.19. The standard InChI is InChI=1S/C24H38NO/c1-4-6-14-25(3)15-13-24-12-8-7-9-21(24)23(25)17-19-10-11-20(18-22(19)24)26-16-5-2/h10-11,18,21,23H,4-9,12-17H2,1-3H3/q+1/t21-,23+,24+,25?/m0/s1. The van der Waals surface area contributed by atoms with Gasteiger partial charge in [-0.3, -0.25) is 0 Å². The summed E-state index contributed by atoms with van der Waals surface area (Å²) in [5.41, 5.74) is 3.76. The number of likely N-dealkylation sites (N-methyl/N-ethyl adjacent to an activating group) is 1. The summed E-state index contributed by atoms with van der Waals surface area (Å²) < 4.78 is 7.35. The number of nitrogens with zero attached hydrogens (tertiary/aromatic N) is 1. The van der Waals surface area contributed by atoms with Gasteiger partial charge >= 0.3 is 0 Å². The number of piperidine rings is 1. The molecular weight excluding hydrogens is 318 g/mol. The number of quaternary nitrogens is 1. The second-order valence-corrected chi connectivity index (χ2v) is 9.48. The summed E-state index contributed by atoms with van der Waals surface area (Å²) in [6, 6.07) is 7.93. The van der Waals surface area contributed by atoms with Gasteiger partial charge in [-0.15, -0.1) is 0 Å². The molecule has 3 aliphatic rings. The SMILES string of the molecule is CCCC[N+]1(C)CC[C@]23CCCC[C@H]2[C@H]1Cc1ccc(OCCC)cc13. The number of ether oxygens (including phenoxy) is 1. The van der Waals surface area contributed by atoms with Gasteiger partial charge in [-0.1, -0.05) is 39.2 Å². The van der Waals surface area contributed by atoms with Crippen LogP contribution in [0.1, 0.15) is 76.3 Å². The van der Waals surface area contributed by atoms with E-state index in [-0.39, 0.29) is 0 Å². The smallest absolute Gasteiger partial charge is 0.119 e. The zero-order chi connectivity index (χ0) is 18.2. The molecule has 144 valence electrons. The summed E-state index contributed by atoms with van der Waals surface area (Å²) in [7, 11) is 2.57. The number of fused-ring (bicyclic) bond motifs is 1. The van der Waals surface area contributed by atoms with Gasteiger partial charge in [0.1, 0.15) is 5.75 Å². The van der Waals surface area contributed by atoms with Crippen molar-refractivity contribution in [1.29, 1.82) is 0 Å². The van der Waals surface area contributed by atoms with E-state index in [1.807, 2.05) is 0 Å². The van der Waals surface area contributed by atoms with Crippen LogP contribution in [0.5, 0.6) is 5.75 Å². The first-order chi connectivity index (χ1) is 12.6. The molecule has 1 heterocycles. The van der Waals surface area contributed by atoms with E-state index in [1.54, 1.807) is 11.1 Å². The largest absolute Gasteiger partial charge is 0.494 e. The van der Waals surface area contributed by atoms with Crippen molar-refractivity contribution in [3.05, 3.63) is 29.3 Å². The summed E-state index contributed by atoms with van der Waals surface area (Å²) in [5, 5.41) is 0. The van der Waals surface area contributed by atoms with Crippen molar-refractivity contribution in [1.82, 2.24) is 0 Å². The Kier molecular flexibility index (Phi) is 5.07. The molecular formula is C24H38NO+. The van der Waals surface area contributed by atoms with Gasteiger partial charge in [0, 0.05) is 24.2 Å². The van der Waals surface area contributed by atoms with Gasteiger partial charge in [0.25, 0.3) is 0 Å². The third kappa shape index (κ3) is 2.89. The van der Waals surface area contributed by atoms with Crippen LogP contribution in [-0.4, -0.2) is 37.3 Å². The average Bonchev–Trinajstić information content (AvgIpc) is 2.68. The van der Waals surface area contributed by atoms with E-state index in [9.17, 15) is 0 Å². The fourth-order valence-corrected chi connectivity index (χ4v) is 6.55. The van der Waals surface area contributed by atoms with Gasteiger partial charge in [0.05, 0.1) is 32.8 Å². The summed E-state index contributed by atoms with van der Waals surface area (Å²) >= 11 is 0. The van der Waals surface area contributed by atoms with Crippen LogP contribution < -0.4 is 4.74 Å². The van der Waals surface area contributed by atoms with Crippen LogP contribution in [0.2, 0.25) is 0 Å². The number of hydrogen-bond acceptors (Lipinski definition) is 1. The zero-order valence-electron chi connectivity index (χ0n) is 17.2. The molecule has 0 radical (unpaired) electrons. The van der Waals surface area contributed by atoms with Crippen molar-refractivity contribution < 1.29 is 9.22 Å². The number of unbranched alkanes of at least 4 members (excludes halogenated alkanes) is 1. The second-order valence-electron chi connectivity index (χ2n) is 9.48. The Morgan fingerprint density at radius 1 is 1.15 bits per heavy atom. The molecule has 4 atom stereocenters. The molecule has 1 aliphatic heterocycles. The highest BCUT2D eigenvalue weighted by Crippen LogP contribution is 2.57. The summed E-state index contributed by atoms with van der Waals surface area (Å²) in [5.74, 6) is 2.00. The van der Waals surface area contributed by atoms with Crippen molar-refractivity contribution >= 4 is 0 Å². The lowest BCUT2D eigenvalue weighted by atomic mass is 9.52. The van der Waals surface area contributed by atoms with Crippen LogP contribution >= 0.6 is 0 Å². The van der Waals surface area contributed by atoms with Crippen molar-refractivity contribution in [2.75, 3.05) is 26.7 Å². The number of rotatable bonds is 6. The maximum atomic E-state index is 6.03. The van der Waals surface area contributed by atoms with E-state index in [2.05, 4.69) is 39.1 Å². The third-order valence-electron chi connectivity index (χ3n) is 7.97. The molecule has 1 aromatic carbocycles. The molecule has 0 spiro atoms. The maximum Gasteiger partial charge on any atom is 0.119 e. The Morgan fingerprint density at radius 3 is 2.85 bits per heavy atom. The summed E-state index contributed by atoms with van der Waals surface area (Å²) in [6.45, 7) is 8.12. The van der Waals surface area contributed by atoms with Crippen molar-refractivity contribution in [3.8, 4) is 5.75 Å². The molecule has 0 aromatic heterocycles. The molecule has 1 aromatic rings. The molecule has 2 aliphatic carbocycles. The average molecular weight is 357 g/mol. The molecule has 1 unspecified atom stereocenters. The van der Waals surface area contributed by atoms with E-state index >= 15 is 0 Å². The molecule has 4 rings (SSSR count). The number of benzene rings is 1. The normalized spacial score (nSPS) is 35.5. The minimum atomic E-state index is 0.450. The van der Waals surface area contributed by atoms with Crippen LogP contribution in [0.3, 0.4) is 0 Å². The molecule has 0 amide bonds. The third-order valence-corrected chi connectivity index (χ3v) is 7.97. The molecule has 2 fully saturated rings. The lowest BCUT2D eigenvalue weighted by Crippen LogP contribution is -2.68. The highest BCUT2D eigenvalue weighted by atomic mass is 16.5. The van der Waals surface area contributed by atoms with Crippen molar-refractivity contribution in [3.63, 3.8) is 0 Å². The lowest BCUT2D eigenvalue weighted by Gasteiger charge is -2.61. The fraction of sp³-hybridized carbons (Fsp3) is 0.750. The van der Waals surface area contributed by atoms with Crippen LogP contribution in [0.15, 0.2) is 18.2 Å². The molecule has 2 nitrogen and oxygen atoms in total. The van der Waals surface area contributed by atoms with E-state index in [0.717, 1.165) is 30.7 Å². The lowest BCUT2D eigenvalue weighted by molar-refractivity contribution is -0.945. The Labute approximate surface area is 160 Å². The van der Waals surface area contributed by atoms with E-state index in [4.69, 9.17) is 4.74 Å². The first-order valence-electron chi connectivity index (χ1n) is 11.2. The molecule has 1 saturated carbocycles. The topological polar surface area (TPSA) is 9.23 Å². The highest BCUT2D eigenvalue weighted by Gasteiger charge is 2.58. The Morgan fingerprint density at radius 2 is 2.04 bits per heavy atom. The van der Waals surface area contributed by atoms with Crippen molar-refractivity contribution in [2.45, 2.75) is 83.1 Å². The van der Waals surface area contributed by atoms with Gasteiger partial charge in [-0.05, 0) is 48.9 Å². The maximum absolute atomic E-state index is 6.03. The van der Waals surface area contributed by atoms with E-state index in [0.29, 0.717) is 5.41 Å². The minimum absolute atomic E-state index is 0.450. The Balaban J connectivity index is 1.72. The Bertz CT molecular complexity index is 641. The summed E-state index contributed by atoms with van der Waals surface area (Å²) in [6.07, 6.45) is 12.2. The van der Waals surface area contributed by atoms with E-state index in [1.165, 1.54) is 68.9 Å². The van der Waals surface area contributed by atoms with Gasteiger partial charge in [-0.2, -0.15) is 0 Å². The zero-order valence-corrected chi connectivity index (χ0v) is 17.2. The summed E-state index contributed by atoms with van der Waals surface area (Å²) in [4.78, 5) is 0. The predicted molar refractivity (Wildman–Crippen MR) is 109 cm³/mol. The first kappa shape index (κ1) is 18.3. The van der Waals surface area contributed by atoms with Gasteiger partial charge in [0.15, 0.2) is 0 Å². The van der Waals surface area contributed by atoms with Crippen LogP contribution in [-0.2, 0) is 11.8 Å². The predicted octanol–water partition coefficient (Wildman–Crippen LogP) is 5.48. The van der Waals surface area contributed by atoms with Crippen LogP contribution in [0, 0.1) is 5.92 Å². The van der Waals surface area contributed by atoms with Gasteiger partial charge in [0.2, 0.25) is 0 Å². The number of hydrogen-bond donors (Lipinski definition) is 0. The number of likely N-dealkylation sites (tertiary alicyclic amines) is 1. The van der Waals surface area contributed by atoms with Crippen molar-refractivity contribution in [2.24, 2.45) is 5.92 Å². The highest BCUT2D eigenvalue weighted by molar-refractivity contribution is 5.45. The van der Waals surface area contributed by atoms with Crippen LogP contribution in [0.25, 0.3) is 0 Å². The molecule has 2 bridgehead atoms. The fourth-order valence-electron chi connectivity index (χ4n) is 6.55.